The molecule has 0 amide bonds. The van der Waals surface area contributed by atoms with E-state index in [1.807, 2.05) is 19.1 Å². The summed E-state index contributed by atoms with van der Waals surface area (Å²) in [7, 11) is 0. The van der Waals surface area contributed by atoms with Crippen molar-refractivity contribution < 1.29 is 14.2 Å². The third kappa shape index (κ3) is 6.06. The summed E-state index contributed by atoms with van der Waals surface area (Å²) >= 11 is 0. The van der Waals surface area contributed by atoms with Crippen LogP contribution >= 0.6 is 0 Å². The zero-order valence-electron chi connectivity index (χ0n) is 15.0. The van der Waals surface area contributed by atoms with Gasteiger partial charge in [-0.3, -0.25) is 0 Å². The Bertz CT molecular complexity index is 502. The van der Waals surface area contributed by atoms with Crippen LogP contribution in [0.15, 0.2) is 12.1 Å². The fourth-order valence-electron chi connectivity index (χ4n) is 2.16. The van der Waals surface area contributed by atoms with Crippen molar-refractivity contribution >= 4 is 0 Å². The summed E-state index contributed by atoms with van der Waals surface area (Å²) in [6.45, 7) is 10.3. The van der Waals surface area contributed by atoms with Crippen molar-refractivity contribution in [2.45, 2.75) is 53.4 Å². The lowest BCUT2D eigenvalue weighted by molar-refractivity contribution is 0.241. The lowest BCUT2D eigenvalue weighted by Gasteiger charge is -2.20. The van der Waals surface area contributed by atoms with Gasteiger partial charge in [0.15, 0.2) is 11.5 Å². The van der Waals surface area contributed by atoms with Crippen LogP contribution in [0.1, 0.15) is 52.5 Å². The van der Waals surface area contributed by atoms with Gasteiger partial charge in [0.2, 0.25) is 5.75 Å². The Hall–Kier alpha value is -1.82. The number of benzene rings is 1. The Labute approximate surface area is 141 Å². The van der Waals surface area contributed by atoms with Crippen LogP contribution in [0.25, 0.3) is 0 Å². The largest absolute Gasteiger partial charge is 0.490 e. The van der Waals surface area contributed by atoms with Gasteiger partial charge in [-0.25, -0.2) is 0 Å². The summed E-state index contributed by atoms with van der Waals surface area (Å²) in [5.41, 5.74) is 1.08. The minimum atomic E-state index is 0.153. The maximum atomic E-state index is 6.01. The normalized spacial score (nSPS) is 11.6. The number of rotatable bonds is 11. The second-order valence-corrected chi connectivity index (χ2v) is 5.70. The Morgan fingerprint density at radius 2 is 1.48 bits per heavy atom. The first kappa shape index (κ1) is 19.2. The van der Waals surface area contributed by atoms with Crippen molar-refractivity contribution in [1.82, 2.24) is 0 Å². The summed E-state index contributed by atoms with van der Waals surface area (Å²) in [5.74, 6) is 5.19. The van der Waals surface area contributed by atoms with Gasteiger partial charge in [0.05, 0.1) is 19.8 Å². The highest BCUT2D eigenvalue weighted by atomic mass is 16.5. The summed E-state index contributed by atoms with van der Waals surface area (Å²) < 4.78 is 17.8. The molecular weight excluding hydrogens is 288 g/mol. The molecule has 1 aromatic rings. The molecule has 0 heterocycles. The lowest BCUT2D eigenvalue weighted by atomic mass is 10.0. The highest BCUT2D eigenvalue weighted by molar-refractivity contribution is 5.56. The summed E-state index contributed by atoms with van der Waals surface area (Å²) in [4.78, 5) is 0. The Kier molecular flexibility index (Phi) is 9.05. The molecule has 3 nitrogen and oxygen atoms in total. The van der Waals surface area contributed by atoms with Gasteiger partial charge in [-0.15, -0.1) is 12.3 Å². The maximum absolute atomic E-state index is 6.01. The van der Waals surface area contributed by atoms with E-state index in [2.05, 4.69) is 26.7 Å². The smallest absolute Gasteiger partial charge is 0.203 e. The molecule has 0 bridgehead atoms. The van der Waals surface area contributed by atoms with E-state index in [-0.39, 0.29) is 5.92 Å². The van der Waals surface area contributed by atoms with E-state index < -0.39 is 0 Å². The zero-order valence-corrected chi connectivity index (χ0v) is 15.0. The predicted octanol–water partition coefficient (Wildman–Crippen LogP) is 4.86. The van der Waals surface area contributed by atoms with Crippen LogP contribution in [0, 0.1) is 18.3 Å². The molecule has 1 aromatic carbocycles. The molecule has 0 aliphatic heterocycles. The van der Waals surface area contributed by atoms with Crippen molar-refractivity contribution in [2.75, 3.05) is 19.8 Å². The SMILES string of the molecule is C#CC(C)Cc1ccc(OCCC)c(OCCC)c1OCCC. The molecule has 1 unspecified atom stereocenters. The summed E-state index contributed by atoms with van der Waals surface area (Å²) in [6, 6.07) is 4.01. The van der Waals surface area contributed by atoms with Gasteiger partial charge in [-0.2, -0.15) is 0 Å². The van der Waals surface area contributed by atoms with Crippen molar-refractivity contribution in [3.05, 3.63) is 17.7 Å². The first-order chi connectivity index (χ1) is 11.2. The van der Waals surface area contributed by atoms with Gasteiger partial charge >= 0.3 is 0 Å². The van der Waals surface area contributed by atoms with Crippen LogP contribution in [0.5, 0.6) is 17.2 Å². The molecule has 0 aliphatic rings. The van der Waals surface area contributed by atoms with Gasteiger partial charge in [-0.05, 0) is 37.3 Å². The molecule has 1 rings (SSSR count). The molecule has 0 saturated carbocycles. The molecule has 3 heteroatoms. The Balaban J connectivity index is 3.21. The van der Waals surface area contributed by atoms with E-state index in [1.54, 1.807) is 0 Å². The quantitative estimate of drug-likeness (QED) is 0.545. The van der Waals surface area contributed by atoms with Crippen molar-refractivity contribution in [1.29, 1.82) is 0 Å². The second kappa shape index (κ2) is 10.8. The van der Waals surface area contributed by atoms with Crippen LogP contribution < -0.4 is 14.2 Å². The highest BCUT2D eigenvalue weighted by Crippen LogP contribution is 2.41. The van der Waals surface area contributed by atoms with Crippen LogP contribution in [0.2, 0.25) is 0 Å². The average molecular weight is 318 g/mol. The number of ether oxygens (including phenoxy) is 3. The van der Waals surface area contributed by atoms with Crippen LogP contribution in [-0.2, 0) is 6.42 Å². The van der Waals surface area contributed by atoms with E-state index in [1.165, 1.54) is 0 Å². The average Bonchev–Trinajstić information content (AvgIpc) is 2.57. The third-order valence-electron chi connectivity index (χ3n) is 3.33. The number of hydrogen-bond donors (Lipinski definition) is 0. The fourth-order valence-corrected chi connectivity index (χ4v) is 2.16. The first-order valence-electron chi connectivity index (χ1n) is 8.68. The Morgan fingerprint density at radius 1 is 0.913 bits per heavy atom. The molecule has 1 atom stereocenters. The summed E-state index contributed by atoms with van der Waals surface area (Å²) in [6.07, 6.45) is 9.14. The zero-order chi connectivity index (χ0) is 17.1. The van der Waals surface area contributed by atoms with Gasteiger partial charge < -0.3 is 14.2 Å². The lowest BCUT2D eigenvalue weighted by Crippen LogP contribution is -2.08. The van der Waals surface area contributed by atoms with Gasteiger partial charge in [0.25, 0.3) is 0 Å². The van der Waals surface area contributed by atoms with E-state index >= 15 is 0 Å². The minimum absolute atomic E-state index is 0.153. The molecule has 0 saturated heterocycles. The third-order valence-corrected chi connectivity index (χ3v) is 3.33. The molecule has 0 N–H and O–H groups in total. The molecule has 128 valence electrons. The van der Waals surface area contributed by atoms with Crippen LogP contribution in [0.4, 0.5) is 0 Å². The van der Waals surface area contributed by atoms with E-state index in [4.69, 9.17) is 20.6 Å². The monoisotopic (exact) mass is 318 g/mol. The van der Waals surface area contributed by atoms with E-state index in [0.717, 1.165) is 48.5 Å². The molecule has 0 aliphatic carbocycles. The first-order valence-corrected chi connectivity index (χ1v) is 8.68. The summed E-state index contributed by atoms with van der Waals surface area (Å²) in [5, 5.41) is 0. The molecule has 23 heavy (non-hydrogen) atoms. The second-order valence-electron chi connectivity index (χ2n) is 5.70. The molecule has 0 radical (unpaired) electrons. The Morgan fingerprint density at radius 3 is 2.04 bits per heavy atom. The van der Waals surface area contributed by atoms with Crippen molar-refractivity contribution in [2.24, 2.45) is 5.92 Å². The standard InChI is InChI=1S/C20H30O3/c1-6-12-21-18-11-10-17(15-16(5)9-4)19(22-13-7-2)20(18)23-14-8-3/h4,10-11,16H,6-8,12-15H2,1-3,5H3. The maximum Gasteiger partial charge on any atom is 0.203 e. The topological polar surface area (TPSA) is 27.7 Å². The van der Waals surface area contributed by atoms with E-state index in [9.17, 15) is 0 Å². The predicted molar refractivity (Wildman–Crippen MR) is 95.5 cm³/mol. The van der Waals surface area contributed by atoms with Crippen LogP contribution in [-0.4, -0.2) is 19.8 Å². The van der Waals surface area contributed by atoms with Crippen LogP contribution in [0.3, 0.4) is 0 Å². The molecule has 0 spiro atoms. The molecule has 0 aromatic heterocycles. The van der Waals surface area contributed by atoms with Crippen molar-refractivity contribution in [3.8, 4) is 29.6 Å². The molecular formula is C20H30O3. The number of hydrogen-bond acceptors (Lipinski definition) is 3. The van der Waals surface area contributed by atoms with E-state index in [0.29, 0.717) is 19.8 Å². The molecule has 0 fully saturated rings. The van der Waals surface area contributed by atoms with Crippen molar-refractivity contribution in [3.63, 3.8) is 0 Å². The minimum Gasteiger partial charge on any atom is -0.490 e. The fraction of sp³-hybridized carbons (Fsp3) is 0.600. The highest BCUT2D eigenvalue weighted by Gasteiger charge is 2.18. The van der Waals surface area contributed by atoms with Gasteiger partial charge in [-0.1, -0.05) is 33.8 Å². The number of terminal acetylenes is 1. The van der Waals surface area contributed by atoms with Gasteiger partial charge in [0, 0.05) is 5.92 Å². The van der Waals surface area contributed by atoms with Gasteiger partial charge in [0.1, 0.15) is 0 Å².